The fourth-order valence-electron chi connectivity index (χ4n) is 6.91. The lowest BCUT2D eigenvalue weighted by Gasteiger charge is -2.24. The Morgan fingerprint density at radius 2 is 0.970 bits per heavy atom. The highest BCUT2D eigenvalue weighted by atomic mass is 32.2. The van der Waals surface area contributed by atoms with Crippen LogP contribution in [-0.2, 0) is 20.2 Å². The number of thiazole rings is 2. The zero-order valence-electron chi connectivity index (χ0n) is 36.5. The first kappa shape index (κ1) is 48.5. The molecule has 0 radical (unpaired) electrons. The third-order valence-corrected chi connectivity index (χ3v) is 14.2. The predicted molar refractivity (Wildman–Crippen MR) is 260 cm³/mol. The summed E-state index contributed by atoms with van der Waals surface area (Å²) in [6.07, 6.45) is 0. The van der Waals surface area contributed by atoms with Crippen LogP contribution in [0.2, 0.25) is 0 Å². The van der Waals surface area contributed by atoms with Crippen LogP contribution in [0.15, 0.2) is 103 Å². The second kappa shape index (κ2) is 21.1. The van der Waals surface area contributed by atoms with Crippen LogP contribution < -0.4 is 25.3 Å². The average molecular weight is 991 g/mol. The minimum atomic E-state index is -4.53. The molecule has 0 aliphatic heterocycles. The van der Waals surface area contributed by atoms with Crippen molar-refractivity contribution in [3.8, 4) is 0 Å². The van der Waals surface area contributed by atoms with Crippen LogP contribution in [0.25, 0.3) is 20.4 Å². The van der Waals surface area contributed by atoms with E-state index in [4.69, 9.17) is 15.0 Å². The Balaban J connectivity index is 1.31. The van der Waals surface area contributed by atoms with Gasteiger partial charge in [-0.1, -0.05) is 34.8 Å². The maximum Gasteiger partial charge on any atom is 0.296 e. The Bertz CT molecular complexity index is 2970. The summed E-state index contributed by atoms with van der Waals surface area (Å²) in [7, 11) is -9.06. The summed E-state index contributed by atoms with van der Waals surface area (Å²) in [6, 6.07) is 19.6. The van der Waals surface area contributed by atoms with E-state index in [2.05, 4.69) is 50.9 Å². The van der Waals surface area contributed by atoms with Crippen molar-refractivity contribution in [3.05, 3.63) is 72.8 Å². The quantitative estimate of drug-likeness (QED) is 0.0291. The number of aliphatic hydroxyl groups excluding tert-OH is 2. The van der Waals surface area contributed by atoms with Gasteiger partial charge in [-0.15, -0.1) is 20.5 Å². The normalized spacial score (nSPS) is 12.2. The van der Waals surface area contributed by atoms with Gasteiger partial charge in [0.05, 0.1) is 45.0 Å². The molecule has 0 aliphatic rings. The fraction of sp³-hybridized carbons (Fsp3) is 0.293. The van der Waals surface area contributed by atoms with E-state index in [9.17, 15) is 36.2 Å². The number of fused-ring (bicyclic) bond motifs is 2. The van der Waals surface area contributed by atoms with Crippen molar-refractivity contribution in [3.63, 3.8) is 0 Å². The Morgan fingerprint density at radius 3 is 1.34 bits per heavy atom. The highest BCUT2D eigenvalue weighted by Crippen LogP contribution is 2.39. The second-order valence-corrected chi connectivity index (χ2v) is 19.0. The molecule has 7 rings (SSSR count). The van der Waals surface area contributed by atoms with Gasteiger partial charge >= 0.3 is 0 Å². The lowest BCUT2D eigenvalue weighted by atomic mass is 10.2. The molecule has 0 fully saturated rings. The van der Waals surface area contributed by atoms with E-state index >= 15 is 0 Å². The number of anilines is 7. The molecule has 0 atom stereocenters. The van der Waals surface area contributed by atoms with E-state index in [1.165, 1.54) is 24.3 Å². The van der Waals surface area contributed by atoms with Gasteiger partial charge in [0, 0.05) is 50.6 Å². The van der Waals surface area contributed by atoms with Crippen molar-refractivity contribution in [2.24, 2.45) is 20.5 Å². The Morgan fingerprint density at radius 1 is 0.552 bits per heavy atom. The molecular formula is C41H46N14O8S4. The zero-order valence-corrected chi connectivity index (χ0v) is 39.8. The van der Waals surface area contributed by atoms with Crippen molar-refractivity contribution >= 4 is 126 Å². The summed E-state index contributed by atoms with van der Waals surface area (Å²) in [5.74, 6) is 0.167. The minimum Gasteiger partial charge on any atom is -0.395 e. The van der Waals surface area contributed by atoms with Crippen LogP contribution in [0.5, 0.6) is 0 Å². The van der Waals surface area contributed by atoms with Crippen molar-refractivity contribution in [1.82, 2.24) is 24.9 Å². The summed E-state index contributed by atoms with van der Waals surface area (Å²) in [4.78, 5) is 28.2. The standard InChI is InChI=1S/C41H46N14O8S4/c1-5-53(6-2)25-15-17-27(49-51-40-44-29-11-9-13-33(35(29)64-40)66(58,59)60)31(23-25)42-37-46-38(48-39(47-37)55(19-21-56)20-22-57)43-32-24-26(54(7-3)8-4)16-18-28(32)50-52-41-45-30-12-10-14-34(36(30)65-41)67(61,62)63/h9-18,23-24,56-57H,5-8,19-22H2,1-4H3,(H,58,59,60)(H,61,62,63)(H2,42,43,46,47,48)/b51-49+,52-50+. The zero-order chi connectivity index (χ0) is 47.9. The first-order valence-corrected chi connectivity index (χ1v) is 25.3. The molecule has 0 bridgehead atoms. The lowest BCUT2D eigenvalue weighted by Crippen LogP contribution is -2.31. The molecule has 7 aromatic rings. The van der Waals surface area contributed by atoms with Gasteiger partial charge in [0.15, 0.2) is 0 Å². The highest BCUT2D eigenvalue weighted by molar-refractivity contribution is 7.86. The van der Waals surface area contributed by atoms with E-state index in [1.54, 1.807) is 29.2 Å². The second-order valence-electron chi connectivity index (χ2n) is 14.3. The fourth-order valence-corrected chi connectivity index (χ4v) is 10.6. The number of azo groups is 2. The number of rotatable bonds is 21. The Hall–Kier alpha value is -6.39. The molecule has 0 saturated carbocycles. The van der Waals surface area contributed by atoms with E-state index in [1.807, 2.05) is 52.0 Å². The summed E-state index contributed by atoms with van der Waals surface area (Å²) < 4.78 is 68.3. The van der Waals surface area contributed by atoms with E-state index < -0.39 is 20.2 Å². The van der Waals surface area contributed by atoms with Crippen LogP contribution in [0.4, 0.5) is 62.2 Å². The molecule has 26 heteroatoms. The third-order valence-electron chi connectivity index (χ3n) is 10.1. The molecule has 0 unspecified atom stereocenters. The summed E-state index contributed by atoms with van der Waals surface area (Å²) in [5, 5.41) is 44.5. The van der Waals surface area contributed by atoms with Gasteiger partial charge in [0.25, 0.3) is 20.2 Å². The molecule has 0 aliphatic carbocycles. The highest BCUT2D eigenvalue weighted by Gasteiger charge is 2.21. The molecule has 3 aromatic heterocycles. The van der Waals surface area contributed by atoms with Gasteiger partial charge in [-0.3, -0.25) is 9.11 Å². The van der Waals surface area contributed by atoms with Crippen LogP contribution in [0, 0.1) is 0 Å². The molecule has 6 N–H and O–H groups in total. The molecular weight excluding hydrogens is 945 g/mol. The predicted octanol–water partition coefficient (Wildman–Crippen LogP) is 8.39. The van der Waals surface area contributed by atoms with Gasteiger partial charge in [-0.2, -0.15) is 31.8 Å². The van der Waals surface area contributed by atoms with E-state index in [0.717, 1.165) is 34.0 Å². The lowest BCUT2D eigenvalue weighted by molar-refractivity contribution is 0.280. The third kappa shape index (κ3) is 11.4. The van der Waals surface area contributed by atoms with Crippen molar-refractivity contribution in [2.75, 3.05) is 77.8 Å². The van der Waals surface area contributed by atoms with Crippen LogP contribution >= 0.6 is 22.7 Å². The van der Waals surface area contributed by atoms with Crippen LogP contribution in [0.1, 0.15) is 27.7 Å². The number of nitrogens with zero attached hydrogens (tertiary/aromatic N) is 12. The number of aromatic nitrogens is 5. The summed E-state index contributed by atoms with van der Waals surface area (Å²) >= 11 is 1.89. The first-order valence-electron chi connectivity index (χ1n) is 20.8. The average Bonchev–Trinajstić information content (AvgIpc) is 3.92. The molecule has 4 aromatic carbocycles. The molecule has 352 valence electrons. The smallest absolute Gasteiger partial charge is 0.296 e. The van der Waals surface area contributed by atoms with Gasteiger partial charge in [-0.25, -0.2) is 9.97 Å². The summed E-state index contributed by atoms with van der Waals surface area (Å²) in [6.45, 7) is 10.4. The SMILES string of the molecule is CCN(CC)c1ccc(/N=N/c2nc3cccc(S(=O)(=O)O)c3s2)c(Nc2nc(Nc3cc(N(CC)CC)ccc3/N=N/c3nc4cccc(S(=O)(=O)O)c4s3)nc(N(CCO)CCO)n2)c1. The number of hydrogen-bond acceptors (Lipinski definition) is 22. The van der Waals surface area contributed by atoms with Gasteiger partial charge < -0.3 is 35.5 Å². The van der Waals surface area contributed by atoms with E-state index in [0.29, 0.717) is 60.0 Å². The van der Waals surface area contributed by atoms with Crippen molar-refractivity contribution < 1.29 is 36.2 Å². The Labute approximate surface area is 393 Å². The van der Waals surface area contributed by atoms with Crippen LogP contribution in [0.3, 0.4) is 0 Å². The molecule has 0 saturated heterocycles. The number of benzene rings is 4. The van der Waals surface area contributed by atoms with Crippen LogP contribution in [-0.4, -0.2) is 114 Å². The minimum absolute atomic E-state index is 0.0338. The number of hydrogen-bond donors (Lipinski definition) is 6. The Kier molecular flexibility index (Phi) is 15.3. The maximum absolute atomic E-state index is 12.1. The van der Waals surface area contributed by atoms with E-state index in [-0.39, 0.29) is 73.6 Å². The molecule has 67 heavy (non-hydrogen) atoms. The number of nitrogens with one attached hydrogen (secondary N) is 2. The topological polar surface area (TPSA) is 297 Å². The van der Waals surface area contributed by atoms with Gasteiger partial charge in [-0.05, 0) is 88.4 Å². The van der Waals surface area contributed by atoms with Crippen molar-refractivity contribution in [2.45, 2.75) is 37.5 Å². The van der Waals surface area contributed by atoms with Crippen molar-refractivity contribution in [1.29, 1.82) is 0 Å². The molecule has 3 heterocycles. The largest absolute Gasteiger partial charge is 0.395 e. The number of aliphatic hydroxyl groups is 2. The van der Waals surface area contributed by atoms with Gasteiger partial charge in [0.1, 0.15) is 21.2 Å². The summed E-state index contributed by atoms with van der Waals surface area (Å²) in [5.41, 5.74) is 3.80. The molecule has 0 spiro atoms. The first-order chi connectivity index (χ1) is 32.1. The molecule has 22 nitrogen and oxygen atoms in total. The monoisotopic (exact) mass is 990 g/mol. The maximum atomic E-state index is 12.1. The van der Waals surface area contributed by atoms with Gasteiger partial charge in [0.2, 0.25) is 28.1 Å². The molecule has 0 amide bonds.